The number of nitrogens with zero attached hydrogens (tertiary/aromatic N) is 6. The lowest BCUT2D eigenvalue weighted by Gasteiger charge is -2.35. The molecule has 0 atom stereocenters. The number of anilines is 3. The SMILES string of the molecule is c1cc(N2CCCCC2)nc(N2CCN(c3nc4c(s3)CCC4)CC2)n1. The van der Waals surface area contributed by atoms with Gasteiger partial charge in [-0.15, -0.1) is 11.3 Å². The minimum Gasteiger partial charge on any atom is -0.356 e. The average molecular weight is 371 g/mol. The Kier molecular flexibility index (Phi) is 4.40. The topological polar surface area (TPSA) is 48.4 Å². The second-order valence-electron chi connectivity index (χ2n) is 7.46. The van der Waals surface area contributed by atoms with E-state index in [4.69, 9.17) is 9.97 Å². The fourth-order valence-corrected chi connectivity index (χ4v) is 5.40. The van der Waals surface area contributed by atoms with Gasteiger partial charge in [0.1, 0.15) is 5.82 Å². The number of thiazole rings is 1. The van der Waals surface area contributed by atoms with E-state index in [1.165, 1.54) is 54.2 Å². The van der Waals surface area contributed by atoms with Crippen LogP contribution in [0.1, 0.15) is 36.3 Å². The number of aromatic nitrogens is 3. The molecule has 7 heteroatoms. The molecule has 0 spiro atoms. The first-order valence-electron chi connectivity index (χ1n) is 9.93. The molecule has 1 aliphatic carbocycles. The largest absolute Gasteiger partial charge is 0.356 e. The fraction of sp³-hybridized carbons (Fsp3) is 0.632. The van der Waals surface area contributed by atoms with Crippen LogP contribution in [0.4, 0.5) is 16.9 Å². The standard InChI is InChI=1S/C19H26N6S/c1-2-9-23(10-3-1)17-7-8-20-18(22-17)24-11-13-25(14-12-24)19-21-15-5-4-6-16(15)26-19/h7-8H,1-6,9-14H2. The Morgan fingerprint density at radius 2 is 1.58 bits per heavy atom. The average Bonchev–Trinajstić information content (AvgIpc) is 3.31. The molecule has 0 amide bonds. The van der Waals surface area contributed by atoms with E-state index in [1.807, 2.05) is 17.5 Å². The van der Waals surface area contributed by atoms with E-state index in [1.54, 1.807) is 0 Å². The molecule has 2 aromatic heterocycles. The lowest BCUT2D eigenvalue weighted by molar-refractivity contribution is 0.571. The zero-order valence-corrected chi connectivity index (χ0v) is 16.0. The number of aryl methyl sites for hydroxylation is 2. The van der Waals surface area contributed by atoms with E-state index in [0.717, 1.165) is 51.0 Å². The summed E-state index contributed by atoms with van der Waals surface area (Å²) in [4.78, 5) is 23.0. The minimum absolute atomic E-state index is 0.884. The van der Waals surface area contributed by atoms with Crippen molar-refractivity contribution in [2.75, 3.05) is 54.0 Å². The van der Waals surface area contributed by atoms with Crippen LogP contribution in [0, 0.1) is 0 Å². The van der Waals surface area contributed by atoms with Gasteiger partial charge in [-0.1, -0.05) is 0 Å². The van der Waals surface area contributed by atoms with Gasteiger partial charge in [0.2, 0.25) is 5.95 Å². The lowest BCUT2D eigenvalue weighted by Crippen LogP contribution is -2.47. The molecule has 2 aromatic rings. The second-order valence-corrected chi connectivity index (χ2v) is 8.52. The molecular weight excluding hydrogens is 344 g/mol. The lowest BCUT2D eigenvalue weighted by atomic mass is 10.1. The number of hydrogen-bond donors (Lipinski definition) is 0. The van der Waals surface area contributed by atoms with Crippen LogP contribution in [-0.2, 0) is 12.8 Å². The van der Waals surface area contributed by atoms with Crippen molar-refractivity contribution < 1.29 is 0 Å². The third-order valence-corrected chi connectivity index (χ3v) is 6.94. The monoisotopic (exact) mass is 370 g/mol. The van der Waals surface area contributed by atoms with E-state index in [0.29, 0.717) is 0 Å². The van der Waals surface area contributed by atoms with E-state index in [2.05, 4.69) is 25.8 Å². The van der Waals surface area contributed by atoms with Crippen molar-refractivity contribution in [3.63, 3.8) is 0 Å². The summed E-state index contributed by atoms with van der Waals surface area (Å²) in [6.45, 7) is 6.19. The van der Waals surface area contributed by atoms with Crippen molar-refractivity contribution in [3.8, 4) is 0 Å². The van der Waals surface area contributed by atoms with Crippen LogP contribution in [-0.4, -0.2) is 54.2 Å². The summed E-state index contributed by atoms with van der Waals surface area (Å²) in [6.07, 6.45) is 9.49. The molecule has 6 nitrogen and oxygen atoms in total. The van der Waals surface area contributed by atoms with Crippen molar-refractivity contribution >= 4 is 28.2 Å². The molecule has 26 heavy (non-hydrogen) atoms. The van der Waals surface area contributed by atoms with Crippen molar-refractivity contribution in [3.05, 3.63) is 22.8 Å². The van der Waals surface area contributed by atoms with Gasteiger partial charge in [0.15, 0.2) is 5.13 Å². The Hall–Kier alpha value is -1.89. The van der Waals surface area contributed by atoms with E-state index >= 15 is 0 Å². The van der Waals surface area contributed by atoms with Gasteiger partial charge in [0.05, 0.1) is 5.69 Å². The van der Waals surface area contributed by atoms with Gasteiger partial charge in [0, 0.05) is 50.3 Å². The molecule has 0 unspecified atom stereocenters. The Bertz CT molecular complexity index is 740. The fourth-order valence-electron chi connectivity index (χ4n) is 4.20. The zero-order chi connectivity index (χ0) is 17.3. The van der Waals surface area contributed by atoms with Gasteiger partial charge in [-0.3, -0.25) is 0 Å². The highest BCUT2D eigenvalue weighted by Gasteiger charge is 2.24. The number of hydrogen-bond acceptors (Lipinski definition) is 7. The molecule has 3 aliphatic rings. The molecular formula is C19H26N6S. The van der Waals surface area contributed by atoms with Crippen molar-refractivity contribution in [1.29, 1.82) is 0 Å². The highest BCUT2D eigenvalue weighted by atomic mass is 32.1. The zero-order valence-electron chi connectivity index (χ0n) is 15.2. The highest BCUT2D eigenvalue weighted by molar-refractivity contribution is 7.15. The van der Waals surface area contributed by atoms with Gasteiger partial charge in [-0.2, -0.15) is 4.98 Å². The van der Waals surface area contributed by atoms with Gasteiger partial charge in [-0.25, -0.2) is 9.97 Å². The predicted molar refractivity (Wildman–Crippen MR) is 107 cm³/mol. The predicted octanol–water partition coefficient (Wildman–Crippen LogP) is 2.74. The van der Waals surface area contributed by atoms with Crippen LogP contribution < -0.4 is 14.7 Å². The second kappa shape index (κ2) is 7.02. The first kappa shape index (κ1) is 16.3. The first-order valence-corrected chi connectivity index (χ1v) is 10.7. The highest BCUT2D eigenvalue weighted by Crippen LogP contribution is 2.33. The molecule has 0 bridgehead atoms. The Morgan fingerprint density at radius 3 is 2.38 bits per heavy atom. The molecule has 2 saturated heterocycles. The van der Waals surface area contributed by atoms with Crippen LogP contribution in [0.3, 0.4) is 0 Å². The van der Waals surface area contributed by atoms with Crippen molar-refractivity contribution in [2.45, 2.75) is 38.5 Å². The number of piperidine rings is 1. The maximum Gasteiger partial charge on any atom is 0.227 e. The molecule has 5 rings (SSSR count). The molecule has 2 fully saturated rings. The van der Waals surface area contributed by atoms with Crippen LogP contribution in [0.2, 0.25) is 0 Å². The van der Waals surface area contributed by atoms with Gasteiger partial charge >= 0.3 is 0 Å². The third-order valence-electron chi connectivity index (χ3n) is 5.73. The number of piperazine rings is 1. The summed E-state index contributed by atoms with van der Waals surface area (Å²) < 4.78 is 0. The van der Waals surface area contributed by atoms with Crippen LogP contribution in [0.15, 0.2) is 12.3 Å². The minimum atomic E-state index is 0.884. The third kappa shape index (κ3) is 3.13. The van der Waals surface area contributed by atoms with Crippen LogP contribution in [0.5, 0.6) is 0 Å². The van der Waals surface area contributed by atoms with E-state index in [-0.39, 0.29) is 0 Å². The van der Waals surface area contributed by atoms with Gasteiger partial charge in [-0.05, 0) is 44.6 Å². The normalized spacial score (nSPS) is 20.5. The van der Waals surface area contributed by atoms with Gasteiger partial charge in [0.25, 0.3) is 0 Å². The molecule has 2 aliphatic heterocycles. The molecule has 4 heterocycles. The Labute approximate surface area is 158 Å². The molecule has 0 N–H and O–H groups in total. The molecule has 0 radical (unpaired) electrons. The quantitative estimate of drug-likeness (QED) is 0.828. The van der Waals surface area contributed by atoms with Gasteiger partial charge < -0.3 is 14.7 Å². The molecule has 0 aromatic carbocycles. The Balaban J connectivity index is 1.25. The maximum atomic E-state index is 4.88. The smallest absolute Gasteiger partial charge is 0.227 e. The van der Waals surface area contributed by atoms with Crippen molar-refractivity contribution in [2.24, 2.45) is 0 Å². The van der Waals surface area contributed by atoms with Crippen LogP contribution >= 0.6 is 11.3 Å². The van der Waals surface area contributed by atoms with E-state index < -0.39 is 0 Å². The summed E-state index contributed by atoms with van der Waals surface area (Å²) in [5.41, 5.74) is 1.35. The summed E-state index contributed by atoms with van der Waals surface area (Å²) in [5, 5.41) is 1.22. The van der Waals surface area contributed by atoms with Crippen molar-refractivity contribution in [1.82, 2.24) is 15.0 Å². The number of fused-ring (bicyclic) bond motifs is 1. The summed E-state index contributed by atoms with van der Waals surface area (Å²) in [7, 11) is 0. The summed E-state index contributed by atoms with van der Waals surface area (Å²) >= 11 is 1.91. The number of rotatable bonds is 3. The summed E-state index contributed by atoms with van der Waals surface area (Å²) in [6, 6.07) is 2.06. The summed E-state index contributed by atoms with van der Waals surface area (Å²) in [5.74, 6) is 1.97. The molecule has 138 valence electrons. The Morgan fingerprint density at radius 1 is 0.769 bits per heavy atom. The molecule has 0 saturated carbocycles. The van der Waals surface area contributed by atoms with Crippen LogP contribution in [0.25, 0.3) is 0 Å². The maximum absolute atomic E-state index is 4.88. The van der Waals surface area contributed by atoms with E-state index in [9.17, 15) is 0 Å². The first-order chi connectivity index (χ1) is 12.9.